The van der Waals surface area contributed by atoms with Gasteiger partial charge in [-0.25, -0.2) is 0 Å². The van der Waals surface area contributed by atoms with Crippen molar-refractivity contribution in [2.45, 2.75) is 19.9 Å². The molecule has 15 heavy (non-hydrogen) atoms. The highest BCUT2D eigenvalue weighted by Crippen LogP contribution is 2.17. The maximum Gasteiger partial charge on any atom is 0.209 e. The lowest BCUT2D eigenvalue weighted by Crippen LogP contribution is -2.16. The lowest BCUT2D eigenvalue weighted by atomic mass is 10.0. The van der Waals surface area contributed by atoms with Crippen LogP contribution in [0.1, 0.15) is 18.1 Å². The average Bonchev–Trinajstić information content (AvgIpc) is 2.28. The SMILES string of the molecule is CCc1ccc(NC)cc1CN(C)C=O. The first-order chi connectivity index (χ1) is 7.21. The summed E-state index contributed by atoms with van der Waals surface area (Å²) < 4.78 is 0. The van der Waals surface area contributed by atoms with Crippen LogP contribution in [0.4, 0.5) is 5.69 Å². The Bertz CT molecular complexity index is 336. The third-order valence-corrected chi connectivity index (χ3v) is 2.48. The van der Waals surface area contributed by atoms with E-state index in [4.69, 9.17) is 0 Å². The Morgan fingerprint density at radius 2 is 2.13 bits per heavy atom. The number of rotatable bonds is 5. The van der Waals surface area contributed by atoms with Crippen molar-refractivity contribution in [3.63, 3.8) is 0 Å². The summed E-state index contributed by atoms with van der Waals surface area (Å²) in [5.74, 6) is 0. The van der Waals surface area contributed by atoms with Gasteiger partial charge in [-0.15, -0.1) is 0 Å². The first-order valence-electron chi connectivity index (χ1n) is 5.16. The summed E-state index contributed by atoms with van der Waals surface area (Å²) in [5.41, 5.74) is 3.59. The molecule has 0 saturated heterocycles. The molecule has 0 spiro atoms. The Hall–Kier alpha value is -1.51. The van der Waals surface area contributed by atoms with E-state index in [0.29, 0.717) is 6.54 Å². The van der Waals surface area contributed by atoms with Crippen LogP contribution < -0.4 is 5.32 Å². The van der Waals surface area contributed by atoms with Crippen molar-refractivity contribution in [2.75, 3.05) is 19.4 Å². The maximum atomic E-state index is 10.6. The van der Waals surface area contributed by atoms with Crippen LogP contribution in [0.5, 0.6) is 0 Å². The second-order valence-corrected chi connectivity index (χ2v) is 3.61. The van der Waals surface area contributed by atoms with Crippen molar-refractivity contribution in [1.82, 2.24) is 4.90 Å². The third-order valence-electron chi connectivity index (χ3n) is 2.48. The van der Waals surface area contributed by atoms with Crippen molar-refractivity contribution in [3.8, 4) is 0 Å². The fraction of sp³-hybridized carbons (Fsp3) is 0.417. The number of nitrogens with one attached hydrogen (secondary N) is 1. The first-order valence-corrected chi connectivity index (χ1v) is 5.16. The number of carbonyl (C=O) groups excluding carboxylic acids is 1. The number of carbonyl (C=O) groups is 1. The second kappa shape index (κ2) is 5.39. The lowest BCUT2D eigenvalue weighted by Gasteiger charge is -2.15. The smallest absolute Gasteiger partial charge is 0.209 e. The number of hydrogen-bond acceptors (Lipinski definition) is 2. The van der Waals surface area contributed by atoms with Gasteiger partial charge in [-0.05, 0) is 29.7 Å². The van der Waals surface area contributed by atoms with Gasteiger partial charge < -0.3 is 10.2 Å². The van der Waals surface area contributed by atoms with Gasteiger partial charge in [0.15, 0.2) is 0 Å². The zero-order valence-corrected chi connectivity index (χ0v) is 9.58. The molecule has 82 valence electrons. The van der Waals surface area contributed by atoms with Gasteiger partial charge in [-0.2, -0.15) is 0 Å². The number of nitrogens with zero attached hydrogens (tertiary/aromatic N) is 1. The Kier molecular flexibility index (Phi) is 4.16. The summed E-state index contributed by atoms with van der Waals surface area (Å²) in [4.78, 5) is 12.2. The molecule has 0 aromatic heterocycles. The number of amides is 1. The van der Waals surface area contributed by atoms with Gasteiger partial charge >= 0.3 is 0 Å². The van der Waals surface area contributed by atoms with E-state index in [1.54, 1.807) is 11.9 Å². The number of hydrogen-bond donors (Lipinski definition) is 1. The average molecular weight is 206 g/mol. The van der Waals surface area contributed by atoms with Crippen molar-refractivity contribution >= 4 is 12.1 Å². The fourth-order valence-corrected chi connectivity index (χ4v) is 1.58. The molecule has 0 aliphatic rings. The van der Waals surface area contributed by atoms with Gasteiger partial charge in [0.25, 0.3) is 0 Å². The molecule has 0 unspecified atom stereocenters. The monoisotopic (exact) mass is 206 g/mol. The predicted octanol–water partition coefficient (Wildman–Crippen LogP) is 1.88. The van der Waals surface area contributed by atoms with E-state index in [1.165, 1.54) is 11.1 Å². The Morgan fingerprint density at radius 1 is 1.40 bits per heavy atom. The van der Waals surface area contributed by atoms with Crippen LogP contribution in [0.15, 0.2) is 18.2 Å². The van der Waals surface area contributed by atoms with Crippen LogP contribution in [0.25, 0.3) is 0 Å². The number of aryl methyl sites for hydroxylation is 1. The van der Waals surface area contributed by atoms with Crippen LogP contribution in [0.2, 0.25) is 0 Å². The number of anilines is 1. The van der Waals surface area contributed by atoms with Gasteiger partial charge in [-0.1, -0.05) is 13.0 Å². The molecular weight excluding hydrogens is 188 g/mol. The van der Waals surface area contributed by atoms with Gasteiger partial charge in [0.2, 0.25) is 6.41 Å². The van der Waals surface area contributed by atoms with E-state index in [9.17, 15) is 4.79 Å². The van der Waals surface area contributed by atoms with E-state index >= 15 is 0 Å². The largest absolute Gasteiger partial charge is 0.388 e. The highest BCUT2D eigenvalue weighted by molar-refractivity contribution is 5.51. The summed E-state index contributed by atoms with van der Waals surface area (Å²) in [6.07, 6.45) is 1.84. The topological polar surface area (TPSA) is 32.3 Å². The Morgan fingerprint density at radius 3 is 2.67 bits per heavy atom. The van der Waals surface area contributed by atoms with E-state index < -0.39 is 0 Å². The number of benzene rings is 1. The minimum atomic E-state index is 0.669. The molecule has 0 fully saturated rings. The third kappa shape index (κ3) is 2.98. The van der Waals surface area contributed by atoms with E-state index in [0.717, 1.165) is 18.5 Å². The summed E-state index contributed by atoms with van der Waals surface area (Å²) in [5, 5.41) is 3.10. The maximum absolute atomic E-state index is 10.6. The fourth-order valence-electron chi connectivity index (χ4n) is 1.58. The minimum absolute atomic E-state index is 0.669. The second-order valence-electron chi connectivity index (χ2n) is 3.61. The van der Waals surface area contributed by atoms with Crippen LogP contribution in [0.3, 0.4) is 0 Å². The summed E-state index contributed by atoms with van der Waals surface area (Å²) in [6, 6.07) is 6.27. The van der Waals surface area contributed by atoms with Crippen molar-refractivity contribution in [1.29, 1.82) is 0 Å². The van der Waals surface area contributed by atoms with E-state index in [-0.39, 0.29) is 0 Å². The van der Waals surface area contributed by atoms with Gasteiger partial charge in [-0.3, -0.25) is 4.79 Å². The minimum Gasteiger partial charge on any atom is -0.388 e. The highest BCUT2D eigenvalue weighted by Gasteiger charge is 2.04. The molecule has 1 amide bonds. The molecule has 1 N–H and O–H groups in total. The molecule has 3 nitrogen and oxygen atoms in total. The normalized spacial score (nSPS) is 9.80. The van der Waals surface area contributed by atoms with Crippen LogP contribution in [-0.4, -0.2) is 25.4 Å². The molecule has 0 heterocycles. The van der Waals surface area contributed by atoms with Crippen LogP contribution >= 0.6 is 0 Å². The quantitative estimate of drug-likeness (QED) is 0.746. The molecule has 0 aliphatic carbocycles. The highest BCUT2D eigenvalue weighted by atomic mass is 16.1. The molecule has 0 bridgehead atoms. The van der Waals surface area contributed by atoms with Gasteiger partial charge in [0.05, 0.1) is 0 Å². The zero-order valence-electron chi connectivity index (χ0n) is 9.58. The van der Waals surface area contributed by atoms with Crippen molar-refractivity contribution in [3.05, 3.63) is 29.3 Å². The molecule has 1 rings (SSSR count). The molecule has 0 atom stereocenters. The van der Waals surface area contributed by atoms with Crippen molar-refractivity contribution in [2.24, 2.45) is 0 Å². The summed E-state index contributed by atoms with van der Waals surface area (Å²) >= 11 is 0. The lowest BCUT2D eigenvalue weighted by molar-refractivity contribution is -0.117. The Labute approximate surface area is 91.1 Å². The van der Waals surface area contributed by atoms with Crippen LogP contribution in [-0.2, 0) is 17.8 Å². The Balaban J connectivity index is 2.95. The molecule has 0 aliphatic heterocycles. The molecule has 1 aromatic carbocycles. The predicted molar refractivity (Wildman–Crippen MR) is 62.9 cm³/mol. The summed E-state index contributed by atoms with van der Waals surface area (Å²) in [7, 11) is 3.69. The van der Waals surface area contributed by atoms with Crippen LogP contribution in [0, 0.1) is 0 Å². The van der Waals surface area contributed by atoms with Gasteiger partial charge in [0, 0.05) is 26.3 Å². The molecule has 3 heteroatoms. The molecular formula is C12H18N2O. The molecule has 1 aromatic rings. The molecule has 0 saturated carbocycles. The van der Waals surface area contributed by atoms with E-state index in [2.05, 4.69) is 30.4 Å². The summed E-state index contributed by atoms with van der Waals surface area (Å²) in [6.45, 7) is 2.79. The molecule has 0 radical (unpaired) electrons. The van der Waals surface area contributed by atoms with Gasteiger partial charge in [0.1, 0.15) is 0 Å². The standard InChI is InChI=1S/C12H18N2O/c1-4-10-5-6-12(13-2)7-11(10)8-14(3)9-15/h5-7,9,13H,4,8H2,1-3H3. The van der Waals surface area contributed by atoms with Crippen molar-refractivity contribution < 1.29 is 4.79 Å². The zero-order chi connectivity index (χ0) is 11.3. The first kappa shape index (κ1) is 11.6. The van der Waals surface area contributed by atoms with E-state index in [1.807, 2.05) is 7.05 Å².